The van der Waals surface area contributed by atoms with Crippen molar-refractivity contribution in [3.63, 3.8) is 0 Å². The fourth-order valence-corrected chi connectivity index (χ4v) is 4.11. The zero-order valence-corrected chi connectivity index (χ0v) is 19.6. The summed E-state index contributed by atoms with van der Waals surface area (Å²) in [5, 5.41) is 2.87. The lowest BCUT2D eigenvalue weighted by molar-refractivity contribution is -0.274. The molecule has 0 spiro atoms. The third kappa shape index (κ3) is 6.30. The van der Waals surface area contributed by atoms with Crippen LogP contribution < -0.4 is 15.0 Å². The Labute approximate surface area is 201 Å². The molecule has 35 heavy (non-hydrogen) atoms. The van der Waals surface area contributed by atoms with Crippen molar-refractivity contribution in [2.75, 3.05) is 23.3 Å². The van der Waals surface area contributed by atoms with Gasteiger partial charge in [0, 0.05) is 18.7 Å². The lowest BCUT2D eigenvalue weighted by Crippen LogP contribution is -2.45. The van der Waals surface area contributed by atoms with Gasteiger partial charge in [0.25, 0.3) is 5.91 Å². The van der Waals surface area contributed by atoms with E-state index < -0.39 is 6.36 Å². The van der Waals surface area contributed by atoms with E-state index in [1.165, 1.54) is 24.3 Å². The second-order valence-corrected chi connectivity index (χ2v) is 8.62. The number of amides is 1. The number of hydrogen-bond acceptors (Lipinski definition) is 5. The number of nitrogens with one attached hydrogen (secondary N) is 1. The molecule has 1 N–H and O–H groups in total. The molecule has 1 amide bonds. The zero-order valence-electron chi connectivity index (χ0n) is 19.6. The number of carbonyl (C=O) groups excluding carboxylic acids is 1. The molecule has 6 nitrogen and oxygen atoms in total. The number of rotatable bonds is 5. The molecule has 0 radical (unpaired) electrons. The Bertz CT molecular complexity index is 1170. The number of anilines is 2. The number of hydrogen-bond donors (Lipinski definition) is 1. The van der Waals surface area contributed by atoms with Crippen LogP contribution in [-0.4, -0.2) is 42.6 Å². The number of benzene rings is 2. The molecule has 9 heteroatoms. The fraction of sp³-hybridized carbons (Fsp3) is 0.308. The summed E-state index contributed by atoms with van der Waals surface area (Å²) < 4.78 is 46.9. The highest BCUT2D eigenvalue weighted by Gasteiger charge is 2.31. The molecule has 2 aromatic carbocycles. The molecular weight excluding hydrogens is 459 g/mol. The average molecular weight is 486 g/mol. The molecule has 1 aromatic heterocycles. The molecule has 3 aromatic rings. The van der Waals surface area contributed by atoms with Gasteiger partial charge in [-0.2, -0.15) is 0 Å². The maximum atomic E-state index is 13.0. The first-order valence-electron chi connectivity index (χ1n) is 11.2. The number of halogens is 3. The van der Waals surface area contributed by atoms with E-state index in [1.54, 1.807) is 18.3 Å². The molecular formula is C26H26F3N3O3. The van der Waals surface area contributed by atoms with E-state index in [0.717, 1.165) is 24.5 Å². The predicted molar refractivity (Wildman–Crippen MR) is 128 cm³/mol. The Morgan fingerprint density at radius 2 is 1.69 bits per heavy atom. The first-order chi connectivity index (χ1) is 16.6. The quantitative estimate of drug-likeness (QED) is 0.493. The van der Waals surface area contributed by atoms with Gasteiger partial charge in [0.05, 0.1) is 24.1 Å². The first-order valence-corrected chi connectivity index (χ1v) is 11.2. The summed E-state index contributed by atoms with van der Waals surface area (Å²) >= 11 is 0. The van der Waals surface area contributed by atoms with E-state index in [2.05, 4.69) is 19.9 Å². The van der Waals surface area contributed by atoms with Gasteiger partial charge in [0.15, 0.2) is 0 Å². The Morgan fingerprint density at radius 1 is 1.03 bits per heavy atom. The number of pyridine rings is 1. The topological polar surface area (TPSA) is 63.7 Å². The van der Waals surface area contributed by atoms with Crippen molar-refractivity contribution in [1.82, 2.24) is 4.98 Å². The Morgan fingerprint density at radius 3 is 2.29 bits per heavy atom. The summed E-state index contributed by atoms with van der Waals surface area (Å²) in [6.07, 6.45) is -2.90. The van der Waals surface area contributed by atoms with E-state index in [1.807, 2.05) is 39.0 Å². The molecule has 1 aliphatic heterocycles. The molecule has 2 atom stereocenters. The van der Waals surface area contributed by atoms with Crippen LogP contribution in [0.5, 0.6) is 5.75 Å². The van der Waals surface area contributed by atoms with Gasteiger partial charge in [0.2, 0.25) is 0 Å². The number of carbonyl (C=O) groups is 1. The van der Waals surface area contributed by atoms with Gasteiger partial charge in [-0.25, -0.2) is 4.98 Å². The molecule has 0 saturated carbocycles. The van der Waals surface area contributed by atoms with Crippen molar-refractivity contribution in [3.8, 4) is 16.9 Å². The summed E-state index contributed by atoms with van der Waals surface area (Å²) in [7, 11) is 0. The first kappa shape index (κ1) is 24.5. The van der Waals surface area contributed by atoms with Crippen molar-refractivity contribution in [1.29, 1.82) is 0 Å². The normalized spacial score (nSPS) is 18.3. The lowest BCUT2D eigenvalue weighted by Gasteiger charge is -2.36. The van der Waals surface area contributed by atoms with Crippen molar-refractivity contribution in [3.05, 3.63) is 71.9 Å². The third-order valence-electron chi connectivity index (χ3n) is 5.65. The van der Waals surface area contributed by atoms with E-state index in [4.69, 9.17) is 4.74 Å². The van der Waals surface area contributed by atoms with Crippen LogP contribution in [0.25, 0.3) is 11.1 Å². The average Bonchev–Trinajstić information content (AvgIpc) is 2.79. The second-order valence-electron chi connectivity index (χ2n) is 8.62. The number of aromatic nitrogens is 1. The predicted octanol–water partition coefficient (Wildman–Crippen LogP) is 5.82. The smallest absolute Gasteiger partial charge is 0.406 e. The second kappa shape index (κ2) is 9.95. The summed E-state index contributed by atoms with van der Waals surface area (Å²) in [5.74, 6) is 0.217. The molecule has 0 aliphatic carbocycles. The summed E-state index contributed by atoms with van der Waals surface area (Å²) in [4.78, 5) is 19.6. The van der Waals surface area contributed by atoms with Gasteiger partial charge >= 0.3 is 6.36 Å². The van der Waals surface area contributed by atoms with Crippen LogP contribution in [0.1, 0.15) is 29.8 Å². The van der Waals surface area contributed by atoms with Crippen molar-refractivity contribution in [2.24, 2.45) is 0 Å². The van der Waals surface area contributed by atoms with Crippen LogP contribution in [0.2, 0.25) is 0 Å². The third-order valence-corrected chi connectivity index (χ3v) is 5.65. The maximum absolute atomic E-state index is 13.0. The van der Waals surface area contributed by atoms with E-state index in [9.17, 15) is 18.0 Å². The highest BCUT2D eigenvalue weighted by Crippen LogP contribution is 2.28. The molecule has 2 heterocycles. The van der Waals surface area contributed by atoms with Crippen LogP contribution >= 0.6 is 0 Å². The highest BCUT2D eigenvalue weighted by atomic mass is 19.4. The van der Waals surface area contributed by atoms with Crippen LogP contribution in [0.3, 0.4) is 0 Å². The summed E-state index contributed by atoms with van der Waals surface area (Å²) in [5.41, 5.74) is 3.14. The molecule has 1 fully saturated rings. The zero-order chi connectivity index (χ0) is 25.2. The molecule has 4 rings (SSSR count). The van der Waals surface area contributed by atoms with E-state index >= 15 is 0 Å². The van der Waals surface area contributed by atoms with Crippen LogP contribution in [0.4, 0.5) is 24.7 Å². The Balaban J connectivity index is 1.46. The molecule has 1 aliphatic rings. The van der Waals surface area contributed by atoms with Crippen molar-refractivity contribution in [2.45, 2.75) is 39.3 Å². The van der Waals surface area contributed by atoms with Gasteiger partial charge in [-0.3, -0.25) is 4.79 Å². The van der Waals surface area contributed by atoms with E-state index in [-0.39, 0.29) is 23.9 Å². The van der Waals surface area contributed by atoms with E-state index in [0.29, 0.717) is 22.4 Å². The van der Waals surface area contributed by atoms with Crippen molar-refractivity contribution >= 4 is 17.4 Å². The largest absolute Gasteiger partial charge is 0.573 e. The van der Waals surface area contributed by atoms with Gasteiger partial charge < -0.3 is 19.7 Å². The monoisotopic (exact) mass is 485 g/mol. The van der Waals surface area contributed by atoms with Gasteiger partial charge in [-0.05, 0) is 67.8 Å². The minimum atomic E-state index is -4.75. The van der Waals surface area contributed by atoms with Crippen LogP contribution in [-0.2, 0) is 4.74 Å². The maximum Gasteiger partial charge on any atom is 0.573 e. The van der Waals surface area contributed by atoms with Gasteiger partial charge in [-0.15, -0.1) is 13.2 Å². The number of alkyl halides is 3. The standard InChI is InChI=1S/C26H26F3N3O3/c1-16-4-5-20(19-6-9-22(10-7-19)35-26(27,28)29)12-23(16)25(33)31-21-8-11-24(30-13-21)32-14-17(2)34-18(3)15-32/h4-13,17-18H,14-15H2,1-3H3,(H,31,33)/t17-,18+. The number of aryl methyl sites for hydroxylation is 1. The number of ether oxygens (including phenoxy) is 2. The summed E-state index contributed by atoms with van der Waals surface area (Å²) in [6.45, 7) is 7.37. The Hall–Kier alpha value is -3.59. The van der Waals surface area contributed by atoms with Gasteiger partial charge in [-0.1, -0.05) is 24.3 Å². The van der Waals surface area contributed by atoms with Crippen LogP contribution in [0, 0.1) is 6.92 Å². The SMILES string of the molecule is Cc1ccc(-c2ccc(OC(F)(F)F)cc2)cc1C(=O)Nc1ccc(N2C[C@@H](C)O[C@@H](C)C2)nc1. The lowest BCUT2D eigenvalue weighted by atomic mass is 9.99. The summed E-state index contributed by atoms with van der Waals surface area (Å²) in [6, 6.07) is 14.5. The molecule has 0 unspecified atom stereocenters. The minimum absolute atomic E-state index is 0.114. The Kier molecular flexibility index (Phi) is 6.98. The molecule has 0 bridgehead atoms. The van der Waals surface area contributed by atoms with Crippen molar-refractivity contribution < 1.29 is 27.4 Å². The van der Waals surface area contributed by atoms with Crippen LogP contribution in [0.15, 0.2) is 60.8 Å². The fourth-order valence-electron chi connectivity index (χ4n) is 4.11. The van der Waals surface area contributed by atoms with Gasteiger partial charge in [0.1, 0.15) is 11.6 Å². The highest BCUT2D eigenvalue weighted by molar-refractivity contribution is 6.06. The number of morpholine rings is 1. The minimum Gasteiger partial charge on any atom is -0.406 e. The number of nitrogens with zero attached hydrogens (tertiary/aromatic N) is 2. The molecule has 1 saturated heterocycles. The molecule has 184 valence electrons.